The Hall–Kier alpha value is -1.68. The maximum absolute atomic E-state index is 5.45. The lowest BCUT2D eigenvalue weighted by atomic mass is 10.2. The van der Waals surface area contributed by atoms with Gasteiger partial charge in [-0.3, -0.25) is 0 Å². The predicted molar refractivity (Wildman–Crippen MR) is 63.5 cm³/mol. The molecule has 0 aliphatic rings. The van der Waals surface area contributed by atoms with Crippen molar-refractivity contribution in [2.45, 2.75) is 12.8 Å². The Labute approximate surface area is 94.5 Å². The van der Waals surface area contributed by atoms with Crippen molar-refractivity contribution in [2.75, 3.05) is 13.7 Å². The van der Waals surface area contributed by atoms with Crippen LogP contribution < -0.4 is 10.5 Å². The van der Waals surface area contributed by atoms with E-state index in [2.05, 4.69) is 9.97 Å². The molecule has 0 radical (unpaired) electrons. The second kappa shape index (κ2) is 4.90. The van der Waals surface area contributed by atoms with Gasteiger partial charge < -0.3 is 10.5 Å². The lowest BCUT2D eigenvalue weighted by Gasteiger charge is -2.03. The van der Waals surface area contributed by atoms with Crippen LogP contribution in [0.25, 0.3) is 10.9 Å². The van der Waals surface area contributed by atoms with Gasteiger partial charge in [-0.25, -0.2) is 9.97 Å². The van der Waals surface area contributed by atoms with Gasteiger partial charge in [0.25, 0.3) is 0 Å². The maximum atomic E-state index is 5.45. The van der Waals surface area contributed by atoms with Gasteiger partial charge in [-0.2, -0.15) is 0 Å². The third-order valence-electron chi connectivity index (χ3n) is 2.44. The van der Waals surface area contributed by atoms with E-state index in [4.69, 9.17) is 10.5 Å². The van der Waals surface area contributed by atoms with E-state index in [1.807, 2.05) is 24.4 Å². The van der Waals surface area contributed by atoms with Crippen molar-refractivity contribution in [1.29, 1.82) is 0 Å². The molecule has 0 unspecified atom stereocenters. The Balaban J connectivity index is 2.32. The van der Waals surface area contributed by atoms with Gasteiger partial charge >= 0.3 is 0 Å². The Bertz CT molecular complexity index is 485. The molecule has 2 N–H and O–H groups in total. The van der Waals surface area contributed by atoms with Crippen molar-refractivity contribution in [3.63, 3.8) is 0 Å². The van der Waals surface area contributed by atoms with E-state index < -0.39 is 0 Å². The van der Waals surface area contributed by atoms with E-state index in [9.17, 15) is 0 Å². The number of benzene rings is 1. The van der Waals surface area contributed by atoms with E-state index in [0.29, 0.717) is 6.54 Å². The Morgan fingerprint density at radius 3 is 3.00 bits per heavy atom. The molecule has 4 heteroatoms. The molecule has 16 heavy (non-hydrogen) atoms. The topological polar surface area (TPSA) is 61.0 Å². The summed E-state index contributed by atoms with van der Waals surface area (Å²) in [5, 5.41) is 0.996. The van der Waals surface area contributed by atoms with Crippen LogP contribution >= 0.6 is 0 Å². The highest BCUT2D eigenvalue weighted by Gasteiger charge is 2.01. The molecule has 1 aromatic carbocycles. The molecule has 0 spiro atoms. The van der Waals surface area contributed by atoms with Crippen molar-refractivity contribution >= 4 is 10.9 Å². The fourth-order valence-electron chi connectivity index (χ4n) is 1.56. The number of hydrogen-bond donors (Lipinski definition) is 1. The zero-order valence-electron chi connectivity index (χ0n) is 9.31. The minimum atomic E-state index is 0.671. The summed E-state index contributed by atoms with van der Waals surface area (Å²) in [6, 6.07) is 5.78. The summed E-state index contributed by atoms with van der Waals surface area (Å²) in [6.07, 6.45) is 3.58. The van der Waals surface area contributed by atoms with Crippen molar-refractivity contribution in [3.05, 3.63) is 30.2 Å². The van der Waals surface area contributed by atoms with Crippen molar-refractivity contribution in [3.8, 4) is 5.75 Å². The van der Waals surface area contributed by atoms with Crippen molar-refractivity contribution in [2.24, 2.45) is 5.73 Å². The fourth-order valence-corrected chi connectivity index (χ4v) is 1.56. The van der Waals surface area contributed by atoms with Crippen LogP contribution in [0.1, 0.15) is 12.2 Å². The molecule has 2 aromatic rings. The van der Waals surface area contributed by atoms with Gasteiger partial charge in [0.05, 0.1) is 12.6 Å². The first-order valence-electron chi connectivity index (χ1n) is 5.33. The van der Waals surface area contributed by atoms with Crippen LogP contribution in [0.2, 0.25) is 0 Å². The van der Waals surface area contributed by atoms with Gasteiger partial charge in [-0.1, -0.05) is 0 Å². The summed E-state index contributed by atoms with van der Waals surface area (Å²) < 4.78 is 5.15. The average Bonchev–Trinajstić information content (AvgIpc) is 2.35. The van der Waals surface area contributed by atoms with Gasteiger partial charge in [0.2, 0.25) is 0 Å². The minimum absolute atomic E-state index is 0.671. The highest BCUT2D eigenvalue weighted by atomic mass is 16.5. The molecule has 0 atom stereocenters. The highest BCUT2D eigenvalue weighted by molar-refractivity contribution is 5.79. The van der Waals surface area contributed by atoms with E-state index >= 15 is 0 Å². The van der Waals surface area contributed by atoms with Crippen molar-refractivity contribution in [1.82, 2.24) is 9.97 Å². The molecule has 4 nitrogen and oxygen atoms in total. The quantitative estimate of drug-likeness (QED) is 0.843. The zero-order valence-corrected chi connectivity index (χ0v) is 9.31. The smallest absolute Gasteiger partial charge is 0.129 e. The molecule has 0 aliphatic heterocycles. The highest BCUT2D eigenvalue weighted by Crippen LogP contribution is 2.18. The van der Waals surface area contributed by atoms with E-state index in [-0.39, 0.29) is 0 Å². The number of fused-ring (bicyclic) bond motifs is 1. The molecule has 1 aromatic heterocycles. The summed E-state index contributed by atoms with van der Waals surface area (Å²) in [5.41, 5.74) is 6.40. The summed E-state index contributed by atoms with van der Waals surface area (Å²) in [4.78, 5) is 8.76. The van der Waals surface area contributed by atoms with Gasteiger partial charge in [0.15, 0.2) is 0 Å². The monoisotopic (exact) mass is 217 g/mol. The van der Waals surface area contributed by atoms with Gasteiger partial charge in [-0.15, -0.1) is 0 Å². The van der Waals surface area contributed by atoms with E-state index in [1.54, 1.807) is 7.11 Å². The average molecular weight is 217 g/mol. The zero-order chi connectivity index (χ0) is 11.4. The molecule has 0 saturated carbocycles. The maximum Gasteiger partial charge on any atom is 0.129 e. The predicted octanol–water partition coefficient (Wildman–Crippen LogP) is 1.53. The lowest BCUT2D eigenvalue weighted by molar-refractivity contribution is 0.415. The Kier molecular flexibility index (Phi) is 3.31. The van der Waals surface area contributed by atoms with Crippen LogP contribution in [0.5, 0.6) is 5.75 Å². The minimum Gasteiger partial charge on any atom is -0.497 e. The fraction of sp³-hybridized carbons (Fsp3) is 0.333. The number of methoxy groups -OCH3 is 1. The molecule has 0 aliphatic carbocycles. The first-order chi connectivity index (χ1) is 7.83. The second-order valence-electron chi connectivity index (χ2n) is 3.60. The van der Waals surface area contributed by atoms with Gasteiger partial charge in [0, 0.05) is 18.0 Å². The molecule has 1 heterocycles. The number of ether oxygens (including phenoxy) is 1. The third-order valence-corrected chi connectivity index (χ3v) is 2.44. The van der Waals surface area contributed by atoms with Gasteiger partial charge in [-0.05, 0) is 31.2 Å². The molecule has 84 valence electrons. The van der Waals surface area contributed by atoms with Crippen LogP contribution in [-0.2, 0) is 6.42 Å². The molecule has 0 saturated heterocycles. The summed E-state index contributed by atoms with van der Waals surface area (Å²) in [6.45, 7) is 0.671. The van der Waals surface area contributed by atoms with Crippen LogP contribution in [0.3, 0.4) is 0 Å². The largest absolute Gasteiger partial charge is 0.497 e. The standard InChI is InChI=1S/C12H15N3O/c1-16-10-4-5-11-9(7-10)8-14-12(15-11)3-2-6-13/h4-5,7-8H,2-3,6,13H2,1H3. The number of hydrogen-bond acceptors (Lipinski definition) is 4. The van der Waals surface area contributed by atoms with Crippen molar-refractivity contribution < 1.29 is 4.74 Å². The SMILES string of the molecule is COc1ccc2nc(CCCN)ncc2c1. The first-order valence-corrected chi connectivity index (χ1v) is 5.33. The van der Waals surface area contributed by atoms with E-state index in [1.165, 1.54) is 0 Å². The number of aromatic nitrogens is 2. The van der Waals surface area contributed by atoms with Crippen LogP contribution in [0, 0.1) is 0 Å². The summed E-state index contributed by atoms with van der Waals surface area (Å²) >= 11 is 0. The van der Waals surface area contributed by atoms with Crippen LogP contribution in [0.4, 0.5) is 0 Å². The normalized spacial score (nSPS) is 10.6. The number of rotatable bonds is 4. The third kappa shape index (κ3) is 2.28. The summed E-state index contributed by atoms with van der Waals surface area (Å²) in [7, 11) is 1.65. The Morgan fingerprint density at radius 2 is 2.25 bits per heavy atom. The lowest BCUT2D eigenvalue weighted by Crippen LogP contribution is -2.03. The molecule has 0 bridgehead atoms. The van der Waals surface area contributed by atoms with Crippen LogP contribution in [0.15, 0.2) is 24.4 Å². The van der Waals surface area contributed by atoms with Gasteiger partial charge in [0.1, 0.15) is 11.6 Å². The number of nitrogens with two attached hydrogens (primary N) is 1. The number of nitrogens with zero attached hydrogens (tertiary/aromatic N) is 2. The molecular weight excluding hydrogens is 202 g/mol. The van der Waals surface area contributed by atoms with E-state index in [0.717, 1.165) is 35.3 Å². The molecular formula is C12H15N3O. The first kappa shape index (κ1) is 10.8. The molecule has 0 amide bonds. The molecule has 0 fully saturated rings. The summed E-state index contributed by atoms with van der Waals surface area (Å²) in [5.74, 6) is 1.67. The second-order valence-corrected chi connectivity index (χ2v) is 3.60. The van der Waals surface area contributed by atoms with Crippen LogP contribution in [-0.4, -0.2) is 23.6 Å². The molecule has 2 rings (SSSR count). The number of aryl methyl sites for hydroxylation is 1. The Morgan fingerprint density at radius 1 is 1.38 bits per heavy atom.